The highest BCUT2D eigenvalue weighted by atomic mass is 32.1. The molecule has 26 heavy (non-hydrogen) atoms. The summed E-state index contributed by atoms with van der Waals surface area (Å²) in [5.41, 5.74) is 0.871. The van der Waals surface area contributed by atoms with Gasteiger partial charge in [0.15, 0.2) is 5.01 Å². The lowest BCUT2D eigenvalue weighted by Crippen LogP contribution is -2.20. The van der Waals surface area contributed by atoms with Crippen LogP contribution >= 0.6 is 11.3 Å². The van der Waals surface area contributed by atoms with Crippen molar-refractivity contribution in [3.63, 3.8) is 0 Å². The fourth-order valence-corrected chi connectivity index (χ4v) is 3.63. The molecule has 0 bridgehead atoms. The molecule has 1 fully saturated rings. The zero-order valence-electron chi connectivity index (χ0n) is 13.9. The van der Waals surface area contributed by atoms with Crippen molar-refractivity contribution in [2.45, 2.75) is 12.8 Å². The van der Waals surface area contributed by atoms with Gasteiger partial charge in [0.1, 0.15) is 11.6 Å². The molecule has 4 rings (SSSR count). The van der Waals surface area contributed by atoms with Crippen LogP contribution in [0.4, 0.5) is 15.3 Å². The highest BCUT2D eigenvalue weighted by Gasteiger charge is 2.17. The smallest absolute Gasteiger partial charge is 0.257 e. The maximum absolute atomic E-state index is 13.8. The van der Waals surface area contributed by atoms with E-state index < -0.39 is 0 Å². The summed E-state index contributed by atoms with van der Waals surface area (Å²) in [7, 11) is 0. The molecule has 132 valence electrons. The number of carbonyl (C=O) groups is 1. The van der Waals surface area contributed by atoms with Crippen molar-refractivity contribution in [2.75, 3.05) is 23.3 Å². The van der Waals surface area contributed by atoms with Crippen molar-refractivity contribution in [2.24, 2.45) is 0 Å². The van der Waals surface area contributed by atoms with E-state index in [1.54, 1.807) is 36.5 Å². The predicted octanol–water partition coefficient (Wildman–Crippen LogP) is 3.59. The lowest BCUT2D eigenvalue weighted by atomic mass is 10.2. The first-order valence-electron chi connectivity index (χ1n) is 8.31. The van der Waals surface area contributed by atoms with Crippen LogP contribution in [0.25, 0.3) is 10.6 Å². The molecule has 3 aromatic rings. The van der Waals surface area contributed by atoms with Crippen LogP contribution in [0.2, 0.25) is 0 Å². The first-order chi connectivity index (χ1) is 12.7. The minimum absolute atomic E-state index is 0.288. The first kappa shape index (κ1) is 16.6. The molecule has 1 aliphatic heterocycles. The molecule has 6 nitrogen and oxygen atoms in total. The third-order valence-electron chi connectivity index (χ3n) is 4.19. The van der Waals surface area contributed by atoms with Crippen LogP contribution < -0.4 is 10.2 Å². The Hall–Kier alpha value is -2.87. The number of pyridine rings is 1. The first-order valence-corrected chi connectivity index (χ1v) is 9.13. The van der Waals surface area contributed by atoms with E-state index in [0.717, 1.165) is 43.1 Å². The maximum Gasteiger partial charge on any atom is 0.257 e. The Balaban J connectivity index is 1.50. The molecule has 3 heterocycles. The van der Waals surface area contributed by atoms with Crippen LogP contribution in [0.15, 0.2) is 42.6 Å². The molecule has 2 aromatic heterocycles. The summed E-state index contributed by atoms with van der Waals surface area (Å²) < 4.78 is 13.8. The molecular formula is C18H16FN5OS. The molecule has 1 amide bonds. The van der Waals surface area contributed by atoms with Gasteiger partial charge >= 0.3 is 0 Å². The number of carbonyl (C=O) groups excluding carboxylic acids is 1. The number of hydrogen-bond acceptors (Lipinski definition) is 6. The highest BCUT2D eigenvalue weighted by Crippen LogP contribution is 2.28. The number of nitrogens with zero attached hydrogens (tertiary/aromatic N) is 4. The Morgan fingerprint density at radius 3 is 2.77 bits per heavy atom. The van der Waals surface area contributed by atoms with Gasteiger partial charge in [0, 0.05) is 30.4 Å². The van der Waals surface area contributed by atoms with Crippen LogP contribution in [-0.2, 0) is 0 Å². The summed E-state index contributed by atoms with van der Waals surface area (Å²) in [6.45, 7) is 1.92. The normalized spacial score (nSPS) is 13.8. The highest BCUT2D eigenvalue weighted by molar-refractivity contribution is 7.18. The Morgan fingerprint density at radius 1 is 1.15 bits per heavy atom. The van der Waals surface area contributed by atoms with Gasteiger partial charge in [-0.05, 0) is 37.1 Å². The Morgan fingerprint density at radius 2 is 1.96 bits per heavy atom. The molecule has 0 spiro atoms. The van der Waals surface area contributed by atoms with E-state index in [1.165, 1.54) is 6.07 Å². The van der Waals surface area contributed by atoms with Crippen molar-refractivity contribution >= 4 is 28.2 Å². The van der Waals surface area contributed by atoms with Gasteiger partial charge < -0.3 is 4.90 Å². The predicted molar refractivity (Wildman–Crippen MR) is 98.9 cm³/mol. The molecule has 0 radical (unpaired) electrons. The van der Waals surface area contributed by atoms with Crippen LogP contribution in [0.3, 0.4) is 0 Å². The average Bonchev–Trinajstić information content (AvgIpc) is 3.34. The summed E-state index contributed by atoms with van der Waals surface area (Å²) in [4.78, 5) is 19.0. The summed E-state index contributed by atoms with van der Waals surface area (Å²) in [6.07, 6.45) is 3.91. The number of aromatic nitrogens is 3. The zero-order valence-corrected chi connectivity index (χ0v) is 14.7. The zero-order chi connectivity index (χ0) is 17.9. The second-order valence-corrected chi connectivity index (χ2v) is 6.92. The van der Waals surface area contributed by atoms with E-state index >= 15 is 0 Å². The summed E-state index contributed by atoms with van der Waals surface area (Å²) >= 11 is 1.13. The SMILES string of the molecule is O=C(Nc1nnc(-c2ccccc2F)s1)c1ccnc(N2CCCC2)c1. The largest absolute Gasteiger partial charge is 0.357 e. The number of amides is 1. The van der Waals surface area contributed by atoms with Crippen LogP contribution in [-0.4, -0.2) is 34.2 Å². The number of rotatable bonds is 4. The topological polar surface area (TPSA) is 71.0 Å². The lowest BCUT2D eigenvalue weighted by molar-refractivity contribution is 0.102. The Bertz CT molecular complexity index is 939. The number of anilines is 2. The molecule has 0 unspecified atom stereocenters. The third-order valence-corrected chi connectivity index (χ3v) is 5.06. The van der Waals surface area contributed by atoms with Gasteiger partial charge in [0.05, 0.1) is 0 Å². The van der Waals surface area contributed by atoms with Crippen molar-refractivity contribution in [3.05, 3.63) is 54.0 Å². The summed E-state index contributed by atoms with van der Waals surface area (Å²) in [6, 6.07) is 9.78. The second-order valence-electron chi connectivity index (χ2n) is 5.94. The van der Waals surface area contributed by atoms with Gasteiger partial charge in [-0.2, -0.15) is 0 Å². The molecule has 1 saturated heterocycles. The number of halogens is 1. The van der Waals surface area contributed by atoms with Gasteiger partial charge in [-0.25, -0.2) is 9.37 Å². The molecule has 0 atom stereocenters. The Labute approximate surface area is 153 Å². The monoisotopic (exact) mass is 369 g/mol. The quantitative estimate of drug-likeness (QED) is 0.761. The third kappa shape index (κ3) is 3.41. The number of nitrogens with one attached hydrogen (secondary N) is 1. The summed E-state index contributed by atoms with van der Waals surface area (Å²) in [5, 5.41) is 11.4. The van der Waals surface area contributed by atoms with Gasteiger partial charge in [-0.15, -0.1) is 10.2 Å². The fourth-order valence-electron chi connectivity index (χ4n) is 2.87. The van der Waals surface area contributed by atoms with Crippen molar-refractivity contribution < 1.29 is 9.18 Å². The lowest BCUT2D eigenvalue weighted by Gasteiger charge is -2.16. The van der Waals surface area contributed by atoms with E-state index in [0.29, 0.717) is 21.3 Å². The molecular weight excluding hydrogens is 353 g/mol. The molecule has 0 saturated carbocycles. The van der Waals surface area contributed by atoms with Crippen LogP contribution in [0.5, 0.6) is 0 Å². The van der Waals surface area contributed by atoms with E-state index in [2.05, 4.69) is 25.4 Å². The standard InChI is InChI=1S/C18H16FN5OS/c19-14-6-2-1-5-13(14)17-22-23-18(26-17)21-16(25)12-7-8-20-15(11-12)24-9-3-4-10-24/h1-2,5-8,11H,3-4,9-10H2,(H,21,23,25). The van der Waals surface area contributed by atoms with Gasteiger partial charge in [0.25, 0.3) is 5.91 Å². The maximum atomic E-state index is 13.8. The van der Waals surface area contributed by atoms with Gasteiger partial charge in [0.2, 0.25) is 5.13 Å². The van der Waals surface area contributed by atoms with Crippen molar-refractivity contribution in [1.29, 1.82) is 0 Å². The molecule has 8 heteroatoms. The molecule has 1 N–H and O–H groups in total. The fraction of sp³-hybridized carbons (Fsp3) is 0.222. The Kier molecular flexibility index (Phi) is 4.57. The molecule has 0 aliphatic carbocycles. The number of benzene rings is 1. The van der Waals surface area contributed by atoms with Crippen LogP contribution in [0.1, 0.15) is 23.2 Å². The van der Waals surface area contributed by atoms with Crippen LogP contribution in [0, 0.1) is 5.82 Å². The van der Waals surface area contributed by atoms with E-state index in [9.17, 15) is 9.18 Å². The van der Waals surface area contributed by atoms with Gasteiger partial charge in [-0.3, -0.25) is 10.1 Å². The van der Waals surface area contributed by atoms with Crippen molar-refractivity contribution in [1.82, 2.24) is 15.2 Å². The molecule has 1 aliphatic rings. The second kappa shape index (κ2) is 7.17. The van der Waals surface area contributed by atoms with E-state index in [4.69, 9.17) is 0 Å². The molecule has 1 aromatic carbocycles. The minimum Gasteiger partial charge on any atom is -0.357 e. The van der Waals surface area contributed by atoms with Crippen molar-refractivity contribution in [3.8, 4) is 10.6 Å². The minimum atomic E-state index is -0.370. The van der Waals surface area contributed by atoms with E-state index in [1.807, 2.05) is 0 Å². The van der Waals surface area contributed by atoms with E-state index in [-0.39, 0.29) is 11.7 Å². The summed E-state index contributed by atoms with van der Waals surface area (Å²) in [5.74, 6) is 0.148. The van der Waals surface area contributed by atoms with Gasteiger partial charge in [-0.1, -0.05) is 23.5 Å². The average molecular weight is 369 g/mol. The number of hydrogen-bond donors (Lipinski definition) is 1.